The van der Waals surface area contributed by atoms with E-state index in [-0.39, 0.29) is 24.2 Å². The Morgan fingerprint density at radius 3 is 2.64 bits per heavy atom. The molecule has 5 nitrogen and oxygen atoms in total. The largest absolute Gasteiger partial charge is 0.356 e. The molecule has 0 spiro atoms. The van der Waals surface area contributed by atoms with E-state index in [1.807, 2.05) is 0 Å². The van der Waals surface area contributed by atoms with Gasteiger partial charge in [-0.2, -0.15) is 0 Å². The number of nitrogens with one attached hydrogen (secondary N) is 3. The standard InChI is InChI=1S/C16H29N3O2.ClH/c1-12(13-4-2-8-17-11-13)10-16(21)18-9-3-5-15(20)19-14-6-7-14;/h12-14,17H,2-11H2,1H3,(H,18,21)(H,19,20);1H. The maximum Gasteiger partial charge on any atom is 0.220 e. The van der Waals surface area contributed by atoms with Crippen molar-refractivity contribution in [3.05, 3.63) is 0 Å². The summed E-state index contributed by atoms with van der Waals surface area (Å²) in [5.41, 5.74) is 0. The van der Waals surface area contributed by atoms with E-state index in [4.69, 9.17) is 0 Å². The van der Waals surface area contributed by atoms with Crippen molar-refractivity contribution >= 4 is 24.2 Å². The minimum absolute atomic E-state index is 0. The van der Waals surface area contributed by atoms with Gasteiger partial charge in [0.15, 0.2) is 0 Å². The molecular formula is C16H30ClN3O2. The molecule has 0 bridgehead atoms. The van der Waals surface area contributed by atoms with E-state index in [9.17, 15) is 9.59 Å². The molecule has 0 radical (unpaired) electrons. The molecule has 1 saturated heterocycles. The highest BCUT2D eigenvalue weighted by atomic mass is 35.5. The minimum atomic E-state index is 0. The summed E-state index contributed by atoms with van der Waals surface area (Å²) in [6.07, 6.45) is 6.52. The van der Waals surface area contributed by atoms with E-state index < -0.39 is 0 Å². The Kier molecular flexibility index (Phi) is 8.79. The van der Waals surface area contributed by atoms with E-state index in [0.29, 0.717) is 37.3 Å². The topological polar surface area (TPSA) is 70.2 Å². The molecule has 2 fully saturated rings. The number of halogens is 1. The molecular weight excluding hydrogens is 302 g/mol. The first kappa shape index (κ1) is 19.2. The Labute approximate surface area is 139 Å². The number of piperidine rings is 1. The number of amides is 2. The summed E-state index contributed by atoms with van der Waals surface area (Å²) in [6, 6.07) is 0.428. The molecule has 1 aliphatic carbocycles. The van der Waals surface area contributed by atoms with Gasteiger partial charge in [0, 0.05) is 25.4 Å². The van der Waals surface area contributed by atoms with Crippen molar-refractivity contribution in [3.63, 3.8) is 0 Å². The fraction of sp³-hybridized carbons (Fsp3) is 0.875. The van der Waals surface area contributed by atoms with Crippen LogP contribution in [0.3, 0.4) is 0 Å². The van der Waals surface area contributed by atoms with Crippen LogP contribution in [-0.4, -0.2) is 37.5 Å². The second-order valence-electron chi connectivity index (χ2n) is 6.58. The Morgan fingerprint density at radius 1 is 1.23 bits per heavy atom. The molecule has 1 saturated carbocycles. The second-order valence-corrected chi connectivity index (χ2v) is 6.58. The molecule has 6 heteroatoms. The average molecular weight is 332 g/mol. The normalized spacial score (nSPS) is 22.3. The fourth-order valence-corrected chi connectivity index (χ4v) is 2.90. The summed E-state index contributed by atoms with van der Waals surface area (Å²) < 4.78 is 0. The quantitative estimate of drug-likeness (QED) is 0.592. The highest BCUT2D eigenvalue weighted by Crippen LogP contribution is 2.22. The molecule has 3 N–H and O–H groups in total. The van der Waals surface area contributed by atoms with Crippen LogP contribution in [0.4, 0.5) is 0 Å². The molecule has 2 aliphatic rings. The number of hydrogen-bond acceptors (Lipinski definition) is 3. The SMILES string of the molecule is CC(CC(=O)NCCCC(=O)NC1CC1)C1CCCNC1.Cl. The Balaban J connectivity index is 0.00000242. The minimum Gasteiger partial charge on any atom is -0.356 e. The highest BCUT2D eigenvalue weighted by molar-refractivity contribution is 5.85. The van der Waals surface area contributed by atoms with Gasteiger partial charge in [0.05, 0.1) is 0 Å². The van der Waals surface area contributed by atoms with E-state index >= 15 is 0 Å². The first-order valence-corrected chi connectivity index (χ1v) is 8.42. The van der Waals surface area contributed by atoms with Gasteiger partial charge in [-0.05, 0) is 57.0 Å². The Hall–Kier alpha value is -0.810. The summed E-state index contributed by atoms with van der Waals surface area (Å²) in [7, 11) is 0. The lowest BCUT2D eigenvalue weighted by Gasteiger charge is -2.28. The maximum atomic E-state index is 11.9. The van der Waals surface area contributed by atoms with Crippen LogP contribution < -0.4 is 16.0 Å². The van der Waals surface area contributed by atoms with E-state index in [0.717, 1.165) is 32.4 Å². The van der Waals surface area contributed by atoms with Crippen molar-refractivity contribution in [2.75, 3.05) is 19.6 Å². The molecule has 0 aromatic heterocycles. The fourth-order valence-electron chi connectivity index (χ4n) is 2.90. The summed E-state index contributed by atoms with van der Waals surface area (Å²) in [5.74, 6) is 1.29. The van der Waals surface area contributed by atoms with Gasteiger partial charge >= 0.3 is 0 Å². The third kappa shape index (κ3) is 7.45. The van der Waals surface area contributed by atoms with Crippen molar-refractivity contribution in [1.29, 1.82) is 0 Å². The third-order valence-electron chi connectivity index (χ3n) is 4.49. The van der Waals surface area contributed by atoms with Crippen LogP contribution in [0.2, 0.25) is 0 Å². The molecule has 2 amide bonds. The predicted molar refractivity (Wildman–Crippen MR) is 90.0 cm³/mol. The lowest BCUT2D eigenvalue weighted by Crippen LogP contribution is -2.36. The van der Waals surface area contributed by atoms with Crippen LogP contribution in [0.5, 0.6) is 0 Å². The van der Waals surface area contributed by atoms with Crippen molar-refractivity contribution in [2.24, 2.45) is 11.8 Å². The number of carbonyl (C=O) groups is 2. The predicted octanol–water partition coefficient (Wildman–Crippen LogP) is 1.61. The van der Waals surface area contributed by atoms with Crippen molar-refractivity contribution < 1.29 is 9.59 Å². The van der Waals surface area contributed by atoms with Crippen molar-refractivity contribution in [3.8, 4) is 0 Å². The Morgan fingerprint density at radius 2 is 2.00 bits per heavy atom. The molecule has 1 heterocycles. The van der Waals surface area contributed by atoms with Crippen molar-refractivity contribution in [2.45, 2.75) is 57.9 Å². The van der Waals surface area contributed by atoms with E-state index in [1.54, 1.807) is 0 Å². The first-order valence-electron chi connectivity index (χ1n) is 8.42. The second kappa shape index (κ2) is 10.1. The van der Waals surface area contributed by atoms with Crippen molar-refractivity contribution in [1.82, 2.24) is 16.0 Å². The summed E-state index contributed by atoms with van der Waals surface area (Å²) in [6.45, 7) is 4.92. The van der Waals surface area contributed by atoms with Crippen LogP contribution in [0, 0.1) is 11.8 Å². The van der Waals surface area contributed by atoms with Crippen LogP contribution in [0.25, 0.3) is 0 Å². The highest BCUT2D eigenvalue weighted by Gasteiger charge is 2.23. The van der Waals surface area contributed by atoms with E-state index in [1.165, 1.54) is 12.8 Å². The lowest BCUT2D eigenvalue weighted by molar-refractivity contribution is -0.123. The zero-order chi connectivity index (χ0) is 15.1. The van der Waals surface area contributed by atoms with Gasteiger partial charge in [-0.25, -0.2) is 0 Å². The van der Waals surface area contributed by atoms with Gasteiger partial charge in [0.1, 0.15) is 0 Å². The molecule has 1 aliphatic heterocycles. The number of rotatable bonds is 8. The van der Waals surface area contributed by atoms with Gasteiger partial charge < -0.3 is 16.0 Å². The van der Waals surface area contributed by atoms with Crippen LogP contribution in [-0.2, 0) is 9.59 Å². The molecule has 2 rings (SSSR count). The molecule has 0 aromatic carbocycles. The molecule has 22 heavy (non-hydrogen) atoms. The Bertz CT molecular complexity index is 355. The van der Waals surface area contributed by atoms with Crippen LogP contribution >= 0.6 is 12.4 Å². The molecule has 2 atom stereocenters. The summed E-state index contributed by atoms with van der Waals surface area (Å²) in [4.78, 5) is 23.4. The van der Waals surface area contributed by atoms with Gasteiger partial charge in [0.25, 0.3) is 0 Å². The lowest BCUT2D eigenvalue weighted by atomic mass is 9.85. The average Bonchev–Trinajstić information content (AvgIpc) is 3.28. The third-order valence-corrected chi connectivity index (χ3v) is 4.49. The van der Waals surface area contributed by atoms with Gasteiger partial charge in [-0.1, -0.05) is 6.92 Å². The van der Waals surface area contributed by atoms with Crippen LogP contribution in [0.1, 0.15) is 51.9 Å². The van der Waals surface area contributed by atoms with Crippen LogP contribution in [0.15, 0.2) is 0 Å². The maximum absolute atomic E-state index is 11.9. The van der Waals surface area contributed by atoms with Gasteiger partial charge in [-0.15, -0.1) is 12.4 Å². The molecule has 2 unspecified atom stereocenters. The van der Waals surface area contributed by atoms with Gasteiger partial charge in [0.2, 0.25) is 11.8 Å². The zero-order valence-corrected chi connectivity index (χ0v) is 14.3. The summed E-state index contributed by atoms with van der Waals surface area (Å²) in [5, 5.41) is 9.29. The summed E-state index contributed by atoms with van der Waals surface area (Å²) >= 11 is 0. The van der Waals surface area contributed by atoms with Gasteiger partial charge in [-0.3, -0.25) is 9.59 Å². The number of carbonyl (C=O) groups excluding carboxylic acids is 2. The first-order chi connectivity index (χ1) is 10.1. The number of hydrogen-bond donors (Lipinski definition) is 3. The monoisotopic (exact) mass is 331 g/mol. The van der Waals surface area contributed by atoms with E-state index in [2.05, 4.69) is 22.9 Å². The smallest absolute Gasteiger partial charge is 0.220 e. The zero-order valence-electron chi connectivity index (χ0n) is 13.5. The molecule has 128 valence electrons. The molecule has 0 aromatic rings.